The molecule has 0 fully saturated rings. The fraction of sp³-hybridized carbons (Fsp3) is 0.241. The number of carbonyl (C=O) groups is 3. The molecule has 1 aliphatic rings. The maximum absolute atomic E-state index is 13.4. The topological polar surface area (TPSA) is 88.1 Å². The lowest BCUT2D eigenvalue weighted by molar-refractivity contribution is -0.0885. The van der Waals surface area contributed by atoms with Crippen LogP contribution in [-0.4, -0.2) is 40.3 Å². The van der Waals surface area contributed by atoms with Gasteiger partial charge >= 0.3 is 12.3 Å². The Morgan fingerprint density at radius 2 is 1.46 bits per heavy atom. The van der Waals surface area contributed by atoms with E-state index in [1.54, 1.807) is 45.0 Å². The lowest BCUT2D eigenvalue weighted by Gasteiger charge is -2.22. The fourth-order valence-corrected chi connectivity index (χ4v) is 4.03. The van der Waals surface area contributed by atoms with E-state index < -0.39 is 41.2 Å². The minimum atomic E-state index is -5.00. The quantitative estimate of drug-likeness (QED) is 0.364. The second kappa shape index (κ2) is 10.7. The largest absolute Gasteiger partial charge is 0.454 e. The van der Waals surface area contributed by atoms with Gasteiger partial charge in [-0.15, -0.1) is 0 Å². The zero-order valence-corrected chi connectivity index (χ0v) is 21.5. The van der Waals surface area contributed by atoms with Crippen molar-refractivity contribution in [1.29, 1.82) is 0 Å². The van der Waals surface area contributed by atoms with Crippen LogP contribution in [0.4, 0.5) is 23.7 Å². The van der Waals surface area contributed by atoms with Gasteiger partial charge < -0.3 is 4.74 Å². The van der Waals surface area contributed by atoms with Crippen LogP contribution in [0.15, 0.2) is 84.0 Å². The Bertz CT molecular complexity index is 1390. The normalized spacial score (nSPS) is 15.5. The van der Waals surface area contributed by atoms with Crippen molar-refractivity contribution in [3.8, 4) is 0 Å². The molecule has 3 aromatic carbocycles. The molecule has 10 heteroatoms. The van der Waals surface area contributed by atoms with E-state index in [9.17, 15) is 27.6 Å². The summed E-state index contributed by atoms with van der Waals surface area (Å²) >= 11 is 0. The maximum Gasteiger partial charge on any atom is 0.454 e. The first kappa shape index (κ1) is 27.6. The molecule has 4 rings (SSSR count). The Morgan fingerprint density at radius 3 is 2.03 bits per heavy atom. The van der Waals surface area contributed by atoms with Crippen LogP contribution in [0.5, 0.6) is 0 Å². The Hall–Kier alpha value is -4.47. The molecule has 3 aromatic rings. The molecule has 202 valence electrons. The molecule has 1 unspecified atom stereocenters. The minimum Gasteiger partial charge on any atom is -0.444 e. The van der Waals surface area contributed by atoms with Crippen molar-refractivity contribution in [2.24, 2.45) is 5.10 Å². The number of halogens is 3. The first-order valence-corrected chi connectivity index (χ1v) is 12.1. The average Bonchev–Trinajstić information content (AvgIpc) is 3.33. The van der Waals surface area contributed by atoms with Crippen LogP contribution in [0, 0.1) is 0 Å². The molecule has 0 radical (unpaired) electrons. The standard InChI is InChI=1S/C29H26F3N3O4/c1-28(2,3)39-27(38)33-22-15-13-18(14-16-22)23-17-24(19-7-5-4-6-8-19)35(34-23)26(37)21-11-9-20(10-12-21)25(36)29(30,31)32/h4-16,24H,17H2,1-3H3,(H,33,38). The summed E-state index contributed by atoms with van der Waals surface area (Å²) in [7, 11) is 0. The van der Waals surface area contributed by atoms with Crippen molar-refractivity contribution < 1.29 is 32.3 Å². The lowest BCUT2D eigenvalue weighted by Crippen LogP contribution is -2.27. The number of Topliss-reactive ketones (excluding diaryl/α,β-unsaturated/α-hetero) is 1. The van der Waals surface area contributed by atoms with Gasteiger partial charge in [-0.05, 0) is 56.2 Å². The molecule has 1 N–H and O–H groups in total. The first-order valence-electron chi connectivity index (χ1n) is 12.1. The third-order valence-electron chi connectivity index (χ3n) is 5.82. The van der Waals surface area contributed by atoms with Gasteiger partial charge in [-0.1, -0.05) is 54.6 Å². The highest BCUT2D eigenvalue weighted by atomic mass is 19.4. The number of anilines is 1. The van der Waals surface area contributed by atoms with Gasteiger partial charge in [-0.25, -0.2) is 9.80 Å². The number of benzene rings is 3. The van der Waals surface area contributed by atoms with Crippen LogP contribution in [0.3, 0.4) is 0 Å². The highest BCUT2D eigenvalue weighted by Crippen LogP contribution is 2.34. The number of hydrogen-bond donors (Lipinski definition) is 1. The number of rotatable bonds is 5. The van der Waals surface area contributed by atoms with Gasteiger partial charge in [0.15, 0.2) is 0 Å². The fourth-order valence-electron chi connectivity index (χ4n) is 4.03. The van der Waals surface area contributed by atoms with Crippen molar-refractivity contribution in [1.82, 2.24) is 5.01 Å². The molecule has 2 amide bonds. The third-order valence-corrected chi connectivity index (χ3v) is 5.82. The van der Waals surface area contributed by atoms with Crippen molar-refractivity contribution in [3.05, 3.63) is 101 Å². The van der Waals surface area contributed by atoms with E-state index in [4.69, 9.17) is 4.74 Å². The number of hydrazone groups is 1. The molecular formula is C29H26F3N3O4. The average molecular weight is 538 g/mol. The number of amides is 2. The SMILES string of the molecule is CC(C)(C)OC(=O)Nc1ccc(C2=NN(C(=O)c3ccc(C(=O)C(F)(F)F)cc3)C(c3ccccc3)C2)cc1. The predicted molar refractivity (Wildman–Crippen MR) is 140 cm³/mol. The molecule has 1 aliphatic heterocycles. The Labute approximate surface area is 223 Å². The molecule has 0 aromatic heterocycles. The maximum atomic E-state index is 13.4. The summed E-state index contributed by atoms with van der Waals surface area (Å²) in [5.74, 6) is -2.50. The zero-order valence-electron chi connectivity index (χ0n) is 21.5. The number of nitrogens with zero attached hydrogens (tertiary/aromatic N) is 2. The second-order valence-electron chi connectivity index (χ2n) is 9.94. The number of ether oxygens (including phenoxy) is 1. The molecule has 1 heterocycles. The summed E-state index contributed by atoms with van der Waals surface area (Å²) in [6.07, 6.45) is -5.20. The molecule has 1 atom stereocenters. The van der Waals surface area contributed by atoms with Crippen LogP contribution >= 0.6 is 0 Å². The summed E-state index contributed by atoms with van der Waals surface area (Å²) in [5, 5.41) is 8.53. The Kier molecular flexibility index (Phi) is 7.58. The van der Waals surface area contributed by atoms with Crippen molar-refractivity contribution in [2.45, 2.75) is 45.0 Å². The van der Waals surface area contributed by atoms with Gasteiger partial charge in [-0.3, -0.25) is 14.9 Å². The second-order valence-corrected chi connectivity index (χ2v) is 9.94. The molecule has 0 aliphatic carbocycles. The summed E-state index contributed by atoms with van der Waals surface area (Å²) in [6.45, 7) is 5.29. The summed E-state index contributed by atoms with van der Waals surface area (Å²) < 4.78 is 43.6. The predicted octanol–water partition coefficient (Wildman–Crippen LogP) is 6.77. The van der Waals surface area contributed by atoms with Crippen molar-refractivity contribution in [3.63, 3.8) is 0 Å². The zero-order chi connectivity index (χ0) is 28.4. The van der Waals surface area contributed by atoms with Crippen LogP contribution in [0.1, 0.15) is 65.1 Å². The van der Waals surface area contributed by atoms with E-state index in [0.717, 1.165) is 23.3 Å². The van der Waals surface area contributed by atoms with Crippen LogP contribution in [-0.2, 0) is 4.74 Å². The third kappa shape index (κ3) is 6.70. The Morgan fingerprint density at radius 1 is 0.872 bits per heavy atom. The van der Waals surface area contributed by atoms with Gasteiger partial charge in [0.05, 0.1) is 11.8 Å². The smallest absolute Gasteiger partial charge is 0.444 e. The number of ketones is 1. The molecule has 0 spiro atoms. The molecule has 0 saturated heterocycles. The molecular weight excluding hydrogens is 511 g/mol. The van der Waals surface area contributed by atoms with Gasteiger partial charge in [0.1, 0.15) is 5.60 Å². The van der Waals surface area contributed by atoms with Gasteiger partial charge in [0.2, 0.25) is 0 Å². The van der Waals surface area contributed by atoms with Crippen LogP contribution < -0.4 is 5.32 Å². The minimum absolute atomic E-state index is 0.0940. The van der Waals surface area contributed by atoms with E-state index in [1.165, 1.54) is 17.1 Å². The van der Waals surface area contributed by atoms with Crippen molar-refractivity contribution in [2.75, 3.05) is 5.32 Å². The van der Waals surface area contributed by atoms with E-state index in [0.29, 0.717) is 17.8 Å². The first-order chi connectivity index (χ1) is 18.3. The number of nitrogens with one attached hydrogen (secondary N) is 1. The summed E-state index contributed by atoms with van der Waals surface area (Å²) in [6, 6.07) is 20.1. The molecule has 39 heavy (non-hydrogen) atoms. The van der Waals surface area contributed by atoms with Gasteiger partial charge in [0, 0.05) is 23.2 Å². The van der Waals surface area contributed by atoms with E-state index >= 15 is 0 Å². The summed E-state index contributed by atoms with van der Waals surface area (Å²) in [5.41, 5.74) is 1.60. The lowest BCUT2D eigenvalue weighted by atomic mass is 9.98. The van der Waals surface area contributed by atoms with Crippen LogP contribution in [0.2, 0.25) is 0 Å². The van der Waals surface area contributed by atoms with Crippen molar-refractivity contribution >= 4 is 29.2 Å². The highest BCUT2D eigenvalue weighted by Gasteiger charge is 2.39. The molecule has 0 saturated carbocycles. The molecule has 7 nitrogen and oxygen atoms in total. The molecule has 0 bridgehead atoms. The number of alkyl halides is 3. The number of carbonyl (C=O) groups excluding carboxylic acids is 3. The number of hydrogen-bond acceptors (Lipinski definition) is 5. The monoisotopic (exact) mass is 537 g/mol. The van der Waals surface area contributed by atoms with E-state index in [2.05, 4.69) is 10.4 Å². The van der Waals surface area contributed by atoms with Crippen LogP contribution in [0.25, 0.3) is 0 Å². The van der Waals surface area contributed by atoms with Gasteiger partial charge in [0.25, 0.3) is 11.7 Å². The van der Waals surface area contributed by atoms with E-state index in [1.807, 2.05) is 30.3 Å². The summed E-state index contributed by atoms with van der Waals surface area (Å²) in [4.78, 5) is 37.0. The highest BCUT2D eigenvalue weighted by molar-refractivity contribution is 6.06. The van der Waals surface area contributed by atoms with E-state index in [-0.39, 0.29) is 5.56 Å². The Balaban J connectivity index is 1.58. The van der Waals surface area contributed by atoms with Gasteiger partial charge in [-0.2, -0.15) is 18.3 Å².